The van der Waals surface area contributed by atoms with E-state index in [1.807, 2.05) is 19.9 Å². The van der Waals surface area contributed by atoms with Crippen molar-refractivity contribution in [1.29, 1.82) is 0 Å². The molecule has 0 saturated carbocycles. The number of hydrogen-bond donors (Lipinski definition) is 5. The molecule has 0 spiro atoms. The van der Waals surface area contributed by atoms with Gasteiger partial charge in [-0.2, -0.15) is 4.31 Å². The Balaban J connectivity index is 0.826. The monoisotopic (exact) mass is 1030 g/mol. The summed E-state index contributed by atoms with van der Waals surface area (Å²) < 4.78 is 35.0. The van der Waals surface area contributed by atoms with Crippen LogP contribution in [0.5, 0.6) is 5.75 Å². The molecule has 5 amide bonds. The summed E-state index contributed by atoms with van der Waals surface area (Å²) in [5.74, 6) is -4.91. The second kappa shape index (κ2) is 20.7. The number of carbonyl (C=O) groups is 7. The SMILES string of the molecule is CN(C(=O)C1CCN(C(=O)CNc2cccc3c2CN([C@@H]2CCC(=O)NC2=O)C3=O)CC1)c1cccc(CS(=O)(=O)N2CC[C@H](Nc3cccc(-c4sc(C(=O)O)c(OCC(=O)O)c4Cl)c3)CC2(C)C)c1. The molecule has 4 aromatic rings. The van der Waals surface area contributed by atoms with Gasteiger partial charge in [0.05, 0.1) is 17.2 Å². The number of thiophene rings is 1. The van der Waals surface area contributed by atoms with Crippen molar-refractivity contribution in [2.75, 3.05) is 55.4 Å². The van der Waals surface area contributed by atoms with Crippen molar-refractivity contribution in [2.24, 2.45) is 5.92 Å². The Morgan fingerprint density at radius 2 is 1.69 bits per heavy atom. The lowest BCUT2D eigenvalue weighted by Crippen LogP contribution is -2.55. The van der Waals surface area contributed by atoms with Crippen LogP contribution in [0.4, 0.5) is 17.1 Å². The van der Waals surface area contributed by atoms with Crippen LogP contribution >= 0.6 is 22.9 Å². The lowest BCUT2D eigenvalue weighted by atomic mass is 9.89. The average molecular weight is 1030 g/mol. The molecule has 3 aromatic carbocycles. The molecule has 19 nitrogen and oxygen atoms in total. The number of nitrogens with one attached hydrogen (secondary N) is 3. The first-order valence-electron chi connectivity index (χ1n) is 23.1. The van der Waals surface area contributed by atoms with Crippen molar-refractivity contribution < 1.29 is 56.9 Å². The summed E-state index contributed by atoms with van der Waals surface area (Å²) in [5.41, 5.74) is 3.30. The zero-order valence-corrected chi connectivity index (χ0v) is 41.6. The van der Waals surface area contributed by atoms with Gasteiger partial charge in [0.15, 0.2) is 17.2 Å². The van der Waals surface area contributed by atoms with Crippen LogP contribution in [0, 0.1) is 5.92 Å². The molecule has 1 aromatic heterocycles. The van der Waals surface area contributed by atoms with Gasteiger partial charge >= 0.3 is 11.9 Å². The molecule has 5 heterocycles. The first-order chi connectivity index (χ1) is 33.7. The number of rotatable bonds is 16. The molecule has 8 rings (SSSR count). The molecule has 22 heteroatoms. The van der Waals surface area contributed by atoms with Crippen molar-refractivity contribution in [1.82, 2.24) is 19.4 Å². The van der Waals surface area contributed by atoms with Crippen molar-refractivity contribution in [2.45, 2.75) is 82.3 Å². The molecule has 376 valence electrons. The minimum atomic E-state index is -3.84. The summed E-state index contributed by atoms with van der Waals surface area (Å²) >= 11 is 7.40. The van der Waals surface area contributed by atoms with E-state index in [1.165, 1.54) is 14.1 Å². The van der Waals surface area contributed by atoms with E-state index in [4.69, 9.17) is 21.4 Å². The Morgan fingerprint density at radius 1 is 0.958 bits per heavy atom. The highest BCUT2D eigenvalue weighted by Crippen LogP contribution is 2.46. The average Bonchev–Trinajstić information content (AvgIpc) is 3.85. The number of aliphatic carboxylic acids is 1. The molecule has 4 aliphatic heterocycles. The summed E-state index contributed by atoms with van der Waals surface area (Å²) in [7, 11) is -2.17. The van der Waals surface area contributed by atoms with E-state index in [2.05, 4.69) is 16.0 Å². The van der Waals surface area contributed by atoms with Gasteiger partial charge in [0, 0.05) is 85.3 Å². The number of ether oxygens (including phenoxy) is 1. The quantitative estimate of drug-likeness (QED) is 0.0871. The number of anilines is 3. The normalized spacial score (nSPS) is 19.5. The van der Waals surface area contributed by atoms with Gasteiger partial charge in [-0.15, -0.1) is 11.3 Å². The Morgan fingerprint density at radius 3 is 2.39 bits per heavy atom. The minimum absolute atomic E-state index is 0.00911. The van der Waals surface area contributed by atoms with Crippen LogP contribution in [0.15, 0.2) is 66.7 Å². The first-order valence-corrected chi connectivity index (χ1v) is 25.9. The maximum absolute atomic E-state index is 14.1. The van der Waals surface area contributed by atoms with Gasteiger partial charge in [0.2, 0.25) is 33.7 Å². The number of sulfonamides is 1. The third kappa shape index (κ3) is 11.0. The van der Waals surface area contributed by atoms with Crippen LogP contribution in [0.1, 0.15) is 83.5 Å². The Labute approximate surface area is 419 Å². The maximum atomic E-state index is 14.1. The number of carbonyl (C=O) groups excluding carboxylic acids is 5. The third-order valence-electron chi connectivity index (χ3n) is 13.5. The second-order valence-electron chi connectivity index (χ2n) is 18.8. The molecule has 5 N–H and O–H groups in total. The number of nitrogens with zero attached hydrogens (tertiary/aromatic N) is 4. The number of aromatic carboxylic acids is 1. The fourth-order valence-corrected chi connectivity index (χ4v) is 13.3. The summed E-state index contributed by atoms with van der Waals surface area (Å²) in [4.78, 5) is 92.6. The van der Waals surface area contributed by atoms with E-state index >= 15 is 0 Å². The topological polar surface area (TPSA) is 252 Å². The Hall–Kier alpha value is -6.55. The largest absolute Gasteiger partial charge is 0.479 e. The molecule has 0 aliphatic carbocycles. The van der Waals surface area contributed by atoms with Crippen LogP contribution in [0.2, 0.25) is 5.02 Å². The van der Waals surface area contributed by atoms with Gasteiger partial charge in [-0.25, -0.2) is 18.0 Å². The number of likely N-dealkylation sites (tertiary alicyclic amines) is 1. The summed E-state index contributed by atoms with van der Waals surface area (Å²) in [5, 5.41) is 27.8. The molecule has 2 atom stereocenters. The highest BCUT2D eigenvalue weighted by Gasteiger charge is 2.43. The third-order valence-corrected chi connectivity index (χ3v) is 17.2. The van der Waals surface area contributed by atoms with Crippen LogP contribution in [-0.2, 0) is 46.3 Å². The van der Waals surface area contributed by atoms with Crippen LogP contribution in [0.3, 0.4) is 0 Å². The number of hydrogen-bond acceptors (Lipinski definition) is 13. The van der Waals surface area contributed by atoms with E-state index < -0.39 is 46.1 Å². The molecule has 71 heavy (non-hydrogen) atoms. The summed E-state index contributed by atoms with van der Waals surface area (Å²) in [6.45, 7) is 4.09. The zero-order chi connectivity index (χ0) is 50.9. The predicted octanol–water partition coefficient (Wildman–Crippen LogP) is 5.49. The molecular weight excluding hydrogens is 978 g/mol. The maximum Gasteiger partial charge on any atom is 0.349 e. The standard InChI is InChI=1S/C49H54ClN7O12S2/c1-49(2)23-32(52-31-9-5-8-30(22-31)43-41(50)42(69-26-40(60)61)44(70-43)48(65)66)17-20-57(49)71(67,68)27-28-7-4-10-33(21-28)54(3)46(63)29-15-18-55(19-16-29)39(59)24-51-36-12-6-11-34-35(36)25-56(47(34)64)37-13-14-38(58)53-45(37)62/h4-12,21-22,29,32,37,51-52H,13-20,23-27H2,1-3H3,(H,60,61)(H,65,66)(H,53,58,62)/t32-,37+/m0/s1. The van der Waals surface area contributed by atoms with Crippen LogP contribution in [0.25, 0.3) is 10.4 Å². The van der Waals surface area contributed by atoms with Crippen molar-refractivity contribution in [3.63, 3.8) is 0 Å². The smallest absolute Gasteiger partial charge is 0.349 e. The molecule has 0 unspecified atom stereocenters. The molecule has 0 bridgehead atoms. The molecule has 4 aliphatic rings. The van der Waals surface area contributed by atoms with E-state index in [0.717, 1.165) is 11.3 Å². The van der Waals surface area contributed by atoms with Gasteiger partial charge < -0.3 is 40.3 Å². The van der Waals surface area contributed by atoms with Crippen LogP contribution < -0.4 is 25.6 Å². The molecule has 0 radical (unpaired) electrons. The number of halogens is 1. The first kappa shape index (κ1) is 50.8. The molecular formula is C49H54ClN7O12S2. The lowest BCUT2D eigenvalue weighted by Gasteiger charge is -2.45. The Kier molecular flexibility index (Phi) is 14.8. The lowest BCUT2D eigenvalue weighted by molar-refractivity contribution is -0.139. The van der Waals surface area contributed by atoms with Gasteiger partial charge in [0.1, 0.15) is 11.1 Å². The molecule has 3 saturated heterocycles. The Bertz CT molecular complexity index is 2920. The second-order valence-corrected chi connectivity index (χ2v) is 22.0. The molecule has 3 fully saturated rings. The summed E-state index contributed by atoms with van der Waals surface area (Å²) in [6, 6.07) is 18.4. The fourth-order valence-electron chi connectivity index (χ4n) is 9.95. The number of imide groups is 1. The van der Waals surface area contributed by atoms with Crippen molar-refractivity contribution in [3.8, 4) is 16.2 Å². The van der Waals surface area contributed by atoms with Crippen LogP contribution in [-0.4, -0.2) is 132 Å². The van der Waals surface area contributed by atoms with Crippen molar-refractivity contribution >= 4 is 91.5 Å². The predicted molar refractivity (Wildman–Crippen MR) is 265 cm³/mol. The van der Waals surface area contributed by atoms with Gasteiger partial charge in [-0.3, -0.25) is 29.3 Å². The van der Waals surface area contributed by atoms with E-state index in [1.54, 1.807) is 72.6 Å². The van der Waals surface area contributed by atoms with Gasteiger partial charge in [-0.05, 0) is 93.5 Å². The van der Waals surface area contributed by atoms with Gasteiger partial charge in [-0.1, -0.05) is 41.9 Å². The van der Waals surface area contributed by atoms with Crippen molar-refractivity contribution in [3.05, 3.63) is 93.3 Å². The zero-order valence-electron chi connectivity index (χ0n) is 39.2. The number of amides is 5. The minimum Gasteiger partial charge on any atom is -0.479 e. The van der Waals surface area contributed by atoms with E-state index in [9.17, 15) is 47.1 Å². The fraction of sp³-hybridized carbons (Fsp3) is 0.408. The number of piperidine rings is 3. The highest BCUT2D eigenvalue weighted by atomic mass is 35.5. The number of benzene rings is 3. The summed E-state index contributed by atoms with van der Waals surface area (Å²) in [6.07, 6.45) is 2.22. The highest BCUT2D eigenvalue weighted by molar-refractivity contribution is 7.88. The number of carboxylic acids is 2. The van der Waals surface area contributed by atoms with E-state index in [-0.39, 0.29) is 89.5 Å². The van der Waals surface area contributed by atoms with E-state index in [0.29, 0.717) is 83.0 Å². The number of fused-ring (bicyclic) bond motifs is 1. The van der Waals surface area contributed by atoms with Gasteiger partial charge in [0.25, 0.3) is 5.91 Å². The number of carboxylic acid groups (broad SMARTS) is 2.